The van der Waals surface area contributed by atoms with Gasteiger partial charge in [0.25, 0.3) is 5.91 Å². The molecule has 0 aliphatic heterocycles. The molecule has 0 aliphatic rings. The molecule has 2 aromatic carbocycles. The summed E-state index contributed by atoms with van der Waals surface area (Å²) in [5.41, 5.74) is 0.874. The maximum atomic E-state index is 13.0. The summed E-state index contributed by atoms with van der Waals surface area (Å²) in [6, 6.07) is 11.5. The number of halogens is 2. The van der Waals surface area contributed by atoms with Crippen molar-refractivity contribution >= 4 is 21.8 Å². The van der Waals surface area contributed by atoms with Crippen molar-refractivity contribution in [3.63, 3.8) is 0 Å². The zero-order valence-electron chi connectivity index (χ0n) is 12.8. The Morgan fingerprint density at radius 1 is 1.26 bits per heavy atom. The standard InChI is InChI=1S/C17H17BrFNO3/c1-11(23-16-8-7-13(19)9-14(16)18)17(21)20-10-12-5-3-4-6-15(12)22-2/h3-9,11H,10H2,1-2H3,(H,20,21). The second-order valence-electron chi connectivity index (χ2n) is 4.86. The third-order valence-corrected chi connectivity index (χ3v) is 3.83. The van der Waals surface area contributed by atoms with E-state index in [1.807, 2.05) is 24.3 Å². The Kier molecular flexibility index (Phi) is 5.98. The summed E-state index contributed by atoms with van der Waals surface area (Å²) in [6.07, 6.45) is -0.716. The zero-order chi connectivity index (χ0) is 16.8. The van der Waals surface area contributed by atoms with E-state index in [1.165, 1.54) is 18.2 Å². The lowest BCUT2D eigenvalue weighted by Crippen LogP contribution is -2.36. The molecule has 1 atom stereocenters. The number of nitrogens with one attached hydrogen (secondary N) is 1. The summed E-state index contributed by atoms with van der Waals surface area (Å²) in [5.74, 6) is 0.471. The Morgan fingerprint density at radius 2 is 2.00 bits per heavy atom. The minimum absolute atomic E-state index is 0.271. The summed E-state index contributed by atoms with van der Waals surface area (Å²) in [6.45, 7) is 1.97. The van der Waals surface area contributed by atoms with E-state index < -0.39 is 6.10 Å². The molecule has 23 heavy (non-hydrogen) atoms. The number of amides is 1. The van der Waals surface area contributed by atoms with Gasteiger partial charge in [0.15, 0.2) is 6.10 Å². The van der Waals surface area contributed by atoms with Gasteiger partial charge in [0, 0.05) is 12.1 Å². The number of carbonyl (C=O) groups excluding carboxylic acids is 1. The lowest BCUT2D eigenvalue weighted by Gasteiger charge is -2.16. The molecule has 0 heterocycles. The maximum absolute atomic E-state index is 13.0. The van der Waals surface area contributed by atoms with Gasteiger partial charge in [-0.3, -0.25) is 4.79 Å². The van der Waals surface area contributed by atoms with E-state index in [0.29, 0.717) is 22.5 Å². The van der Waals surface area contributed by atoms with Gasteiger partial charge < -0.3 is 14.8 Å². The summed E-state index contributed by atoms with van der Waals surface area (Å²) in [4.78, 5) is 12.1. The topological polar surface area (TPSA) is 47.6 Å². The molecule has 0 radical (unpaired) electrons. The van der Waals surface area contributed by atoms with Gasteiger partial charge in [-0.15, -0.1) is 0 Å². The molecule has 0 aliphatic carbocycles. The summed E-state index contributed by atoms with van der Waals surface area (Å²) >= 11 is 3.21. The highest BCUT2D eigenvalue weighted by atomic mass is 79.9. The van der Waals surface area contributed by atoms with Gasteiger partial charge in [-0.2, -0.15) is 0 Å². The van der Waals surface area contributed by atoms with Crippen molar-refractivity contribution in [3.8, 4) is 11.5 Å². The number of carbonyl (C=O) groups is 1. The van der Waals surface area contributed by atoms with E-state index in [4.69, 9.17) is 9.47 Å². The Morgan fingerprint density at radius 3 is 2.70 bits per heavy atom. The molecular formula is C17H17BrFNO3. The molecular weight excluding hydrogens is 365 g/mol. The molecule has 0 saturated heterocycles. The zero-order valence-corrected chi connectivity index (χ0v) is 14.4. The Hall–Kier alpha value is -2.08. The highest BCUT2D eigenvalue weighted by Crippen LogP contribution is 2.26. The summed E-state index contributed by atoms with van der Waals surface area (Å²) in [5, 5.41) is 2.79. The van der Waals surface area contributed by atoms with Crippen molar-refractivity contribution in [2.24, 2.45) is 0 Å². The van der Waals surface area contributed by atoms with E-state index in [9.17, 15) is 9.18 Å². The first kappa shape index (κ1) is 17.3. The molecule has 0 saturated carbocycles. The number of hydrogen-bond acceptors (Lipinski definition) is 3. The van der Waals surface area contributed by atoms with Gasteiger partial charge in [0.1, 0.15) is 17.3 Å². The molecule has 1 N–H and O–H groups in total. The number of hydrogen-bond donors (Lipinski definition) is 1. The third kappa shape index (κ3) is 4.69. The second-order valence-corrected chi connectivity index (χ2v) is 5.72. The van der Waals surface area contributed by atoms with Crippen LogP contribution in [0.3, 0.4) is 0 Å². The maximum Gasteiger partial charge on any atom is 0.261 e. The van der Waals surface area contributed by atoms with Crippen LogP contribution in [0.5, 0.6) is 11.5 Å². The molecule has 2 rings (SSSR count). The van der Waals surface area contributed by atoms with Gasteiger partial charge in [0.2, 0.25) is 0 Å². The lowest BCUT2D eigenvalue weighted by atomic mass is 10.2. The van der Waals surface area contributed by atoms with Crippen LogP contribution >= 0.6 is 15.9 Å². The minimum Gasteiger partial charge on any atom is -0.496 e. The largest absolute Gasteiger partial charge is 0.496 e. The number of ether oxygens (including phenoxy) is 2. The van der Waals surface area contributed by atoms with Gasteiger partial charge in [-0.1, -0.05) is 18.2 Å². The molecule has 1 amide bonds. The van der Waals surface area contributed by atoms with Gasteiger partial charge in [-0.25, -0.2) is 4.39 Å². The van der Waals surface area contributed by atoms with Crippen LogP contribution in [0.15, 0.2) is 46.9 Å². The van der Waals surface area contributed by atoms with Crippen LogP contribution in [0.4, 0.5) is 4.39 Å². The van der Waals surface area contributed by atoms with Crippen LogP contribution in [-0.2, 0) is 11.3 Å². The number of rotatable bonds is 6. The van der Waals surface area contributed by atoms with Gasteiger partial charge in [-0.05, 0) is 47.1 Å². The normalized spacial score (nSPS) is 11.7. The van der Waals surface area contributed by atoms with Crippen LogP contribution in [0.2, 0.25) is 0 Å². The molecule has 2 aromatic rings. The van der Waals surface area contributed by atoms with E-state index in [0.717, 1.165) is 5.56 Å². The first-order valence-corrected chi connectivity index (χ1v) is 7.82. The van der Waals surface area contributed by atoms with Crippen molar-refractivity contribution in [1.82, 2.24) is 5.32 Å². The smallest absolute Gasteiger partial charge is 0.261 e. The quantitative estimate of drug-likeness (QED) is 0.829. The summed E-state index contributed by atoms with van der Waals surface area (Å²) < 4.78 is 24.3. The Labute approximate surface area is 142 Å². The average Bonchev–Trinajstić information content (AvgIpc) is 2.55. The monoisotopic (exact) mass is 381 g/mol. The second kappa shape index (κ2) is 7.97. The number of para-hydroxylation sites is 1. The fourth-order valence-corrected chi connectivity index (χ4v) is 2.43. The van der Waals surface area contributed by atoms with Gasteiger partial charge >= 0.3 is 0 Å². The van der Waals surface area contributed by atoms with Crippen molar-refractivity contribution in [2.75, 3.05) is 7.11 Å². The number of methoxy groups -OCH3 is 1. The first-order valence-electron chi connectivity index (χ1n) is 7.02. The van der Waals surface area contributed by atoms with E-state index in [2.05, 4.69) is 21.2 Å². The van der Waals surface area contributed by atoms with Crippen molar-refractivity contribution in [3.05, 3.63) is 58.3 Å². The van der Waals surface area contributed by atoms with E-state index in [-0.39, 0.29) is 11.7 Å². The van der Waals surface area contributed by atoms with Crippen molar-refractivity contribution in [1.29, 1.82) is 0 Å². The SMILES string of the molecule is COc1ccccc1CNC(=O)C(C)Oc1ccc(F)cc1Br. The Balaban J connectivity index is 1.95. The molecule has 4 nitrogen and oxygen atoms in total. The minimum atomic E-state index is -0.716. The van der Waals surface area contributed by atoms with Crippen molar-refractivity contribution < 1.29 is 18.7 Å². The molecule has 0 fully saturated rings. The highest BCUT2D eigenvalue weighted by Gasteiger charge is 2.16. The molecule has 0 aromatic heterocycles. The molecule has 122 valence electrons. The summed E-state index contributed by atoms with van der Waals surface area (Å²) in [7, 11) is 1.58. The molecule has 6 heteroatoms. The average molecular weight is 382 g/mol. The third-order valence-electron chi connectivity index (χ3n) is 3.21. The van der Waals surface area contributed by atoms with Crippen LogP contribution in [-0.4, -0.2) is 19.1 Å². The highest BCUT2D eigenvalue weighted by molar-refractivity contribution is 9.10. The molecule has 1 unspecified atom stereocenters. The lowest BCUT2D eigenvalue weighted by molar-refractivity contribution is -0.127. The molecule has 0 bridgehead atoms. The predicted molar refractivity (Wildman–Crippen MR) is 89.0 cm³/mol. The van der Waals surface area contributed by atoms with Crippen LogP contribution in [0.1, 0.15) is 12.5 Å². The van der Waals surface area contributed by atoms with Gasteiger partial charge in [0.05, 0.1) is 11.6 Å². The first-order chi connectivity index (χ1) is 11.0. The Bertz CT molecular complexity index is 693. The van der Waals surface area contributed by atoms with E-state index in [1.54, 1.807) is 14.0 Å². The number of benzene rings is 2. The fraction of sp³-hybridized carbons (Fsp3) is 0.235. The van der Waals surface area contributed by atoms with Crippen LogP contribution in [0.25, 0.3) is 0 Å². The van der Waals surface area contributed by atoms with Crippen LogP contribution < -0.4 is 14.8 Å². The predicted octanol–water partition coefficient (Wildman–Crippen LogP) is 3.68. The van der Waals surface area contributed by atoms with Crippen molar-refractivity contribution in [2.45, 2.75) is 19.6 Å². The van der Waals surface area contributed by atoms with E-state index >= 15 is 0 Å². The van der Waals surface area contributed by atoms with Crippen LogP contribution in [0, 0.1) is 5.82 Å². The molecule has 0 spiro atoms. The fourth-order valence-electron chi connectivity index (χ4n) is 1.99.